The highest BCUT2D eigenvalue weighted by Gasteiger charge is 2.22. The number of nitrogens with one attached hydrogen (secondary N) is 2. The van der Waals surface area contributed by atoms with E-state index >= 15 is 0 Å². The molecule has 0 bridgehead atoms. The van der Waals surface area contributed by atoms with Gasteiger partial charge in [0.1, 0.15) is 0 Å². The molecule has 2 atom stereocenters. The number of amides is 1. The van der Waals surface area contributed by atoms with Crippen molar-refractivity contribution in [2.24, 2.45) is 0 Å². The van der Waals surface area contributed by atoms with Gasteiger partial charge in [0.15, 0.2) is 0 Å². The van der Waals surface area contributed by atoms with Crippen LogP contribution in [0.15, 0.2) is 24.3 Å². The zero-order chi connectivity index (χ0) is 12.3. The minimum Gasteiger partial charge on any atom is -0.348 e. The average Bonchev–Trinajstić information content (AvgIpc) is 2.33. The Labute approximate surface area is 107 Å². The van der Waals surface area contributed by atoms with Gasteiger partial charge < -0.3 is 10.6 Å². The second kappa shape index (κ2) is 5.52. The van der Waals surface area contributed by atoms with Crippen molar-refractivity contribution in [3.63, 3.8) is 0 Å². The summed E-state index contributed by atoms with van der Waals surface area (Å²) in [6.07, 6.45) is 2.14. The van der Waals surface area contributed by atoms with Crippen LogP contribution in [0.3, 0.4) is 0 Å². The second-order valence-corrected chi connectivity index (χ2v) is 4.91. The number of hydrogen-bond donors (Lipinski definition) is 2. The monoisotopic (exact) mass is 252 g/mol. The molecule has 0 aromatic heterocycles. The van der Waals surface area contributed by atoms with Crippen LogP contribution in [-0.2, 0) is 0 Å². The zero-order valence-corrected chi connectivity index (χ0v) is 10.6. The Morgan fingerprint density at radius 1 is 1.41 bits per heavy atom. The van der Waals surface area contributed by atoms with Crippen LogP contribution in [0.1, 0.15) is 30.1 Å². The van der Waals surface area contributed by atoms with Crippen LogP contribution in [-0.4, -0.2) is 24.5 Å². The highest BCUT2D eigenvalue weighted by Crippen LogP contribution is 2.12. The van der Waals surface area contributed by atoms with Crippen molar-refractivity contribution in [2.75, 3.05) is 6.54 Å². The van der Waals surface area contributed by atoms with Gasteiger partial charge in [0.05, 0.1) is 0 Å². The fourth-order valence-electron chi connectivity index (χ4n) is 2.09. The number of hydrogen-bond acceptors (Lipinski definition) is 2. The molecule has 2 N–H and O–H groups in total. The van der Waals surface area contributed by atoms with E-state index in [1.54, 1.807) is 24.3 Å². The normalized spacial score (nSPS) is 24.4. The largest absolute Gasteiger partial charge is 0.348 e. The standard InChI is InChI=1S/C13H17ClN2O/c1-9-12(3-2-8-15-9)16-13(17)10-4-6-11(14)7-5-10/h4-7,9,12,15H,2-3,8H2,1H3,(H,16,17). The molecule has 1 aliphatic rings. The molecule has 1 aliphatic heterocycles. The summed E-state index contributed by atoms with van der Waals surface area (Å²) >= 11 is 5.79. The number of rotatable bonds is 2. The van der Waals surface area contributed by atoms with Crippen molar-refractivity contribution in [3.8, 4) is 0 Å². The summed E-state index contributed by atoms with van der Waals surface area (Å²) in [5.41, 5.74) is 0.659. The van der Waals surface area contributed by atoms with E-state index in [1.807, 2.05) is 0 Å². The molecule has 0 spiro atoms. The molecule has 1 aromatic rings. The van der Waals surface area contributed by atoms with E-state index in [9.17, 15) is 4.79 Å². The number of halogens is 1. The first-order chi connectivity index (χ1) is 8.16. The number of piperidine rings is 1. The first-order valence-electron chi connectivity index (χ1n) is 5.96. The van der Waals surface area contributed by atoms with E-state index in [-0.39, 0.29) is 11.9 Å². The SMILES string of the molecule is CC1NCCCC1NC(=O)c1ccc(Cl)cc1. The van der Waals surface area contributed by atoms with Crippen LogP contribution in [0.4, 0.5) is 0 Å². The quantitative estimate of drug-likeness (QED) is 0.847. The highest BCUT2D eigenvalue weighted by atomic mass is 35.5. The highest BCUT2D eigenvalue weighted by molar-refractivity contribution is 6.30. The summed E-state index contributed by atoms with van der Waals surface area (Å²) in [6.45, 7) is 3.14. The first kappa shape index (κ1) is 12.4. The molecule has 1 saturated heterocycles. The molecule has 1 amide bonds. The lowest BCUT2D eigenvalue weighted by molar-refractivity contribution is 0.0920. The lowest BCUT2D eigenvalue weighted by Gasteiger charge is -2.30. The molecule has 2 rings (SSSR count). The Morgan fingerprint density at radius 2 is 2.12 bits per heavy atom. The number of benzene rings is 1. The molecule has 2 unspecified atom stereocenters. The fraction of sp³-hybridized carbons (Fsp3) is 0.462. The Balaban J connectivity index is 1.98. The van der Waals surface area contributed by atoms with Crippen molar-refractivity contribution in [2.45, 2.75) is 31.8 Å². The van der Waals surface area contributed by atoms with E-state index in [1.165, 1.54) is 0 Å². The topological polar surface area (TPSA) is 41.1 Å². The minimum absolute atomic E-state index is 0.0257. The van der Waals surface area contributed by atoms with E-state index in [0.717, 1.165) is 19.4 Å². The lowest BCUT2D eigenvalue weighted by Crippen LogP contribution is -2.51. The smallest absolute Gasteiger partial charge is 0.251 e. The molecule has 0 saturated carbocycles. The molecule has 3 nitrogen and oxygen atoms in total. The zero-order valence-electron chi connectivity index (χ0n) is 9.87. The van der Waals surface area contributed by atoms with Crippen LogP contribution in [0.25, 0.3) is 0 Å². The van der Waals surface area contributed by atoms with Gasteiger partial charge in [-0.1, -0.05) is 11.6 Å². The third-order valence-corrected chi connectivity index (χ3v) is 3.44. The molecule has 1 aromatic carbocycles. The van der Waals surface area contributed by atoms with Gasteiger partial charge in [0, 0.05) is 22.7 Å². The summed E-state index contributed by atoms with van der Waals surface area (Å²) in [7, 11) is 0. The van der Waals surface area contributed by atoms with E-state index in [4.69, 9.17) is 11.6 Å². The van der Waals surface area contributed by atoms with Crippen LogP contribution in [0.5, 0.6) is 0 Å². The molecule has 1 heterocycles. The van der Waals surface area contributed by atoms with Gasteiger partial charge in [-0.3, -0.25) is 4.79 Å². The molecule has 17 heavy (non-hydrogen) atoms. The van der Waals surface area contributed by atoms with Gasteiger partial charge in [0.25, 0.3) is 5.91 Å². The van der Waals surface area contributed by atoms with Gasteiger partial charge >= 0.3 is 0 Å². The second-order valence-electron chi connectivity index (χ2n) is 4.47. The van der Waals surface area contributed by atoms with Crippen LogP contribution >= 0.6 is 11.6 Å². The van der Waals surface area contributed by atoms with Crippen molar-refractivity contribution >= 4 is 17.5 Å². The molecule has 4 heteroatoms. The van der Waals surface area contributed by atoms with E-state index < -0.39 is 0 Å². The first-order valence-corrected chi connectivity index (χ1v) is 6.34. The summed E-state index contributed by atoms with van der Waals surface area (Å²) < 4.78 is 0. The molecular weight excluding hydrogens is 236 g/mol. The van der Waals surface area contributed by atoms with Gasteiger partial charge in [-0.15, -0.1) is 0 Å². The van der Waals surface area contributed by atoms with Crippen molar-refractivity contribution in [3.05, 3.63) is 34.9 Å². The lowest BCUT2D eigenvalue weighted by atomic mass is 9.99. The third-order valence-electron chi connectivity index (χ3n) is 3.18. The predicted octanol–water partition coefficient (Wildman–Crippen LogP) is 2.21. The Hall–Kier alpha value is -1.06. The Bertz CT molecular complexity index is 391. The molecular formula is C13H17ClN2O. The number of carbonyl (C=O) groups excluding carboxylic acids is 1. The summed E-state index contributed by atoms with van der Waals surface area (Å²) in [4.78, 5) is 12.0. The van der Waals surface area contributed by atoms with Crippen molar-refractivity contribution in [1.82, 2.24) is 10.6 Å². The van der Waals surface area contributed by atoms with E-state index in [0.29, 0.717) is 16.6 Å². The maximum absolute atomic E-state index is 12.0. The van der Waals surface area contributed by atoms with E-state index in [2.05, 4.69) is 17.6 Å². The molecule has 92 valence electrons. The van der Waals surface area contributed by atoms with Gasteiger partial charge in [0.2, 0.25) is 0 Å². The molecule has 0 radical (unpaired) electrons. The summed E-state index contributed by atoms with van der Waals surface area (Å²) in [5.74, 6) is -0.0257. The van der Waals surface area contributed by atoms with Crippen molar-refractivity contribution in [1.29, 1.82) is 0 Å². The van der Waals surface area contributed by atoms with Crippen molar-refractivity contribution < 1.29 is 4.79 Å². The summed E-state index contributed by atoms with van der Waals surface area (Å²) in [6, 6.07) is 7.52. The van der Waals surface area contributed by atoms with Crippen LogP contribution in [0, 0.1) is 0 Å². The molecule has 1 fully saturated rings. The van der Waals surface area contributed by atoms with Gasteiger partial charge in [-0.2, -0.15) is 0 Å². The Morgan fingerprint density at radius 3 is 2.76 bits per heavy atom. The fourth-order valence-corrected chi connectivity index (χ4v) is 2.22. The number of carbonyl (C=O) groups is 1. The average molecular weight is 253 g/mol. The maximum Gasteiger partial charge on any atom is 0.251 e. The van der Waals surface area contributed by atoms with Gasteiger partial charge in [-0.25, -0.2) is 0 Å². The summed E-state index contributed by atoms with van der Waals surface area (Å²) in [5, 5.41) is 7.07. The Kier molecular flexibility index (Phi) is 4.02. The maximum atomic E-state index is 12.0. The molecule has 0 aliphatic carbocycles. The minimum atomic E-state index is -0.0257. The van der Waals surface area contributed by atoms with Crippen LogP contribution in [0.2, 0.25) is 5.02 Å². The van der Waals surface area contributed by atoms with Crippen LogP contribution < -0.4 is 10.6 Å². The predicted molar refractivity (Wildman–Crippen MR) is 69.4 cm³/mol. The third kappa shape index (κ3) is 3.20. The van der Waals surface area contributed by atoms with Gasteiger partial charge in [-0.05, 0) is 50.6 Å².